The van der Waals surface area contributed by atoms with E-state index < -0.39 is 0 Å². The minimum Gasteiger partial charge on any atom is -0.493 e. The fourth-order valence-corrected chi connectivity index (χ4v) is 2.09. The largest absolute Gasteiger partial charge is 0.493 e. The van der Waals surface area contributed by atoms with Gasteiger partial charge in [0.25, 0.3) is 0 Å². The standard InChI is InChI=1S/C13H11ClN4O/c1-7-17-11(13(19)18(7)2)3-8-5-15-12-10(8)4-9(14)6-16-12/h3-6,19H,1-2H3. The first-order valence-electron chi connectivity index (χ1n) is 5.70. The normalized spacial score (nSPS) is 15.2. The molecule has 2 aromatic rings. The summed E-state index contributed by atoms with van der Waals surface area (Å²) in [6.07, 6.45) is 5.02. The lowest BCUT2D eigenvalue weighted by molar-refractivity contribution is 0.429. The number of rotatable bonds is 1. The summed E-state index contributed by atoms with van der Waals surface area (Å²) in [4.78, 5) is 12.6. The van der Waals surface area contributed by atoms with Gasteiger partial charge in [0.15, 0.2) is 5.82 Å². The zero-order valence-corrected chi connectivity index (χ0v) is 11.2. The number of aromatic nitrogens is 3. The highest BCUT2D eigenvalue weighted by atomic mass is 35.5. The summed E-state index contributed by atoms with van der Waals surface area (Å²) < 4.78 is 1.62. The van der Waals surface area contributed by atoms with Gasteiger partial charge in [0.2, 0.25) is 5.88 Å². The summed E-state index contributed by atoms with van der Waals surface area (Å²) in [6, 6.07) is 1.80. The van der Waals surface area contributed by atoms with Crippen LogP contribution in [0.4, 0.5) is 5.82 Å². The fourth-order valence-electron chi connectivity index (χ4n) is 1.93. The third-order valence-electron chi connectivity index (χ3n) is 3.08. The molecular formula is C13H11ClN4O. The Morgan fingerprint density at radius 2 is 2.21 bits per heavy atom. The van der Waals surface area contributed by atoms with Crippen LogP contribution < -0.4 is 0 Å². The van der Waals surface area contributed by atoms with E-state index in [-0.39, 0.29) is 5.88 Å². The van der Waals surface area contributed by atoms with Crippen LogP contribution in [0, 0.1) is 6.92 Å². The molecule has 0 aromatic carbocycles. The Hall–Kier alpha value is -2.14. The van der Waals surface area contributed by atoms with Crippen LogP contribution in [0.25, 0.3) is 11.6 Å². The number of pyridine rings is 1. The molecule has 0 bridgehead atoms. The molecule has 5 nitrogen and oxygen atoms in total. The van der Waals surface area contributed by atoms with Crippen LogP contribution in [0.3, 0.4) is 0 Å². The summed E-state index contributed by atoms with van der Waals surface area (Å²) in [5.74, 6) is 1.49. The molecule has 1 aliphatic rings. The number of allylic oxidation sites excluding steroid dienone is 1. The van der Waals surface area contributed by atoms with E-state index in [2.05, 4.69) is 15.0 Å². The van der Waals surface area contributed by atoms with Crippen LogP contribution >= 0.6 is 11.6 Å². The Balaban J connectivity index is 2.10. The summed E-state index contributed by atoms with van der Waals surface area (Å²) in [7, 11) is 1.76. The minimum atomic E-state index is 0.127. The van der Waals surface area contributed by atoms with E-state index in [1.54, 1.807) is 36.2 Å². The molecule has 0 saturated carbocycles. The molecule has 0 saturated heterocycles. The molecule has 0 fully saturated rings. The van der Waals surface area contributed by atoms with Gasteiger partial charge in [-0.1, -0.05) is 11.6 Å². The van der Waals surface area contributed by atoms with Gasteiger partial charge in [-0.15, -0.1) is 0 Å². The predicted molar refractivity (Wildman–Crippen MR) is 74.9 cm³/mol. The van der Waals surface area contributed by atoms with Crippen molar-refractivity contribution in [2.45, 2.75) is 6.92 Å². The smallest absolute Gasteiger partial charge is 0.218 e. The van der Waals surface area contributed by atoms with Crippen LogP contribution in [0.1, 0.15) is 17.1 Å². The highest BCUT2D eigenvalue weighted by Gasteiger charge is 2.16. The minimum absolute atomic E-state index is 0.127. The molecule has 0 aliphatic carbocycles. The maximum Gasteiger partial charge on any atom is 0.218 e. The van der Waals surface area contributed by atoms with Crippen LogP contribution in [-0.2, 0) is 7.05 Å². The molecule has 2 aromatic heterocycles. The van der Waals surface area contributed by atoms with E-state index in [0.29, 0.717) is 16.5 Å². The second-order valence-corrected chi connectivity index (χ2v) is 4.75. The van der Waals surface area contributed by atoms with E-state index in [9.17, 15) is 5.11 Å². The van der Waals surface area contributed by atoms with Crippen LogP contribution in [-0.4, -0.2) is 25.9 Å². The van der Waals surface area contributed by atoms with E-state index >= 15 is 0 Å². The number of halogens is 1. The predicted octanol–water partition coefficient (Wildman–Crippen LogP) is 2.74. The van der Waals surface area contributed by atoms with Crippen molar-refractivity contribution in [3.05, 3.63) is 34.4 Å². The van der Waals surface area contributed by atoms with Crippen molar-refractivity contribution in [2.75, 3.05) is 0 Å². The van der Waals surface area contributed by atoms with Crippen molar-refractivity contribution >= 4 is 35.3 Å². The summed E-state index contributed by atoms with van der Waals surface area (Å²) >= 11 is 5.94. The van der Waals surface area contributed by atoms with Gasteiger partial charge in [-0.3, -0.25) is 0 Å². The van der Waals surface area contributed by atoms with Gasteiger partial charge in [0, 0.05) is 30.6 Å². The van der Waals surface area contributed by atoms with Crippen molar-refractivity contribution in [3.8, 4) is 5.88 Å². The zero-order chi connectivity index (χ0) is 13.6. The van der Waals surface area contributed by atoms with E-state index in [1.807, 2.05) is 6.92 Å². The Kier molecular flexibility index (Phi) is 2.64. The van der Waals surface area contributed by atoms with Gasteiger partial charge in [0.05, 0.1) is 5.02 Å². The number of aromatic hydroxyl groups is 1. The van der Waals surface area contributed by atoms with Gasteiger partial charge >= 0.3 is 0 Å². The monoisotopic (exact) mass is 274 g/mol. The van der Waals surface area contributed by atoms with Crippen molar-refractivity contribution in [1.29, 1.82) is 0 Å². The summed E-state index contributed by atoms with van der Waals surface area (Å²) in [6.45, 7) is 1.83. The SMILES string of the molecule is Cc1nc(C=C2C=Nc3ncc(Cl)cc32)c(O)n1C. The van der Waals surface area contributed by atoms with Crippen molar-refractivity contribution in [1.82, 2.24) is 14.5 Å². The maximum atomic E-state index is 9.95. The van der Waals surface area contributed by atoms with Gasteiger partial charge in [-0.05, 0) is 19.1 Å². The van der Waals surface area contributed by atoms with E-state index in [4.69, 9.17) is 11.6 Å². The number of hydrogen-bond donors (Lipinski definition) is 1. The van der Waals surface area contributed by atoms with Gasteiger partial charge in [-0.2, -0.15) is 0 Å². The van der Waals surface area contributed by atoms with Crippen LogP contribution in [0.2, 0.25) is 5.02 Å². The zero-order valence-electron chi connectivity index (χ0n) is 10.4. The van der Waals surface area contributed by atoms with Gasteiger partial charge in [0.1, 0.15) is 11.5 Å². The first-order valence-corrected chi connectivity index (χ1v) is 6.08. The molecule has 0 radical (unpaired) electrons. The highest BCUT2D eigenvalue weighted by molar-refractivity contribution is 6.31. The molecule has 0 unspecified atom stereocenters. The number of imidazole rings is 1. The third kappa shape index (κ3) is 1.92. The molecular weight excluding hydrogens is 264 g/mol. The first kappa shape index (κ1) is 11.9. The first-order chi connectivity index (χ1) is 9.06. The Bertz CT molecular complexity index is 730. The summed E-state index contributed by atoms with van der Waals surface area (Å²) in [5.41, 5.74) is 2.18. The maximum absolute atomic E-state index is 9.95. The average Bonchev–Trinajstić information content (AvgIpc) is 2.88. The van der Waals surface area contributed by atoms with Crippen molar-refractivity contribution in [3.63, 3.8) is 0 Å². The number of fused-ring (bicyclic) bond motifs is 1. The number of hydrogen-bond acceptors (Lipinski definition) is 4. The Morgan fingerprint density at radius 3 is 2.89 bits per heavy atom. The van der Waals surface area contributed by atoms with Crippen LogP contribution in [0.15, 0.2) is 17.3 Å². The molecule has 1 aliphatic heterocycles. The lowest BCUT2D eigenvalue weighted by atomic mass is 10.1. The lowest BCUT2D eigenvalue weighted by Gasteiger charge is -1.99. The molecule has 0 atom stereocenters. The van der Waals surface area contributed by atoms with Crippen molar-refractivity contribution in [2.24, 2.45) is 12.0 Å². The molecule has 6 heteroatoms. The molecule has 96 valence electrons. The quantitative estimate of drug-likeness (QED) is 0.870. The molecule has 0 spiro atoms. The highest BCUT2D eigenvalue weighted by Crippen LogP contribution is 2.33. The van der Waals surface area contributed by atoms with Crippen LogP contribution in [0.5, 0.6) is 5.88 Å². The van der Waals surface area contributed by atoms with Crippen molar-refractivity contribution < 1.29 is 5.11 Å². The van der Waals surface area contributed by atoms with E-state index in [0.717, 1.165) is 17.0 Å². The second kappa shape index (κ2) is 4.20. The Morgan fingerprint density at radius 1 is 1.42 bits per heavy atom. The fraction of sp³-hybridized carbons (Fsp3) is 0.154. The van der Waals surface area contributed by atoms with Gasteiger partial charge in [-0.25, -0.2) is 15.0 Å². The molecule has 3 heterocycles. The number of aryl methyl sites for hydroxylation is 1. The third-order valence-corrected chi connectivity index (χ3v) is 3.28. The number of aliphatic imine (C=N–C) groups is 1. The average molecular weight is 275 g/mol. The van der Waals surface area contributed by atoms with Gasteiger partial charge < -0.3 is 9.67 Å². The molecule has 1 N–H and O–H groups in total. The Labute approximate surface area is 114 Å². The number of nitrogens with zero attached hydrogens (tertiary/aromatic N) is 4. The lowest BCUT2D eigenvalue weighted by Crippen LogP contribution is -1.89. The second-order valence-electron chi connectivity index (χ2n) is 4.31. The summed E-state index contributed by atoms with van der Waals surface area (Å²) in [5, 5.41) is 10.5. The molecule has 3 rings (SSSR count). The molecule has 19 heavy (non-hydrogen) atoms. The molecule has 0 amide bonds. The topological polar surface area (TPSA) is 63.3 Å². The van der Waals surface area contributed by atoms with E-state index in [1.165, 1.54) is 0 Å².